The molecule has 146 valence electrons. The minimum atomic E-state index is -2.26. The molecule has 1 atom stereocenters. The van der Waals surface area contributed by atoms with E-state index < -0.39 is 6.43 Å². The Morgan fingerprint density at radius 2 is 1.96 bits per heavy atom. The monoisotopic (exact) mass is 368 g/mol. The highest BCUT2D eigenvalue weighted by atomic mass is 19.3. The van der Waals surface area contributed by atoms with Crippen LogP contribution in [0.1, 0.15) is 26.2 Å². The summed E-state index contributed by atoms with van der Waals surface area (Å²) in [7, 11) is 1.74. The highest BCUT2D eigenvalue weighted by Crippen LogP contribution is 2.13. The molecular formula is C19H30F2N4O. The molecule has 0 spiro atoms. The van der Waals surface area contributed by atoms with Crippen LogP contribution in [0.5, 0.6) is 5.75 Å². The summed E-state index contributed by atoms with van der Waals surface area (Å²) in [5.74, 6) is 1.59. The first-order valence-electron chi connectivity index (χ1n) is 9.30. The molecule has 1 heterocycles. The lowest BCUT2D eigenvalue weighted by Crippen LogP contribution is -2.50. The first kappa shape index (κ1) is 20.4. The molecule has 5 nitrogen and oxygen atoms in total. The zero-order valence-electron chi connectivity index (χ0n) is 15.6. The Kier molecular flexibility index (Phi) is 8.61. The van der Waals surface area contributed by atoms with Crippen LogP contribution in [0.4, 0.5) is 8.78 Å². The van der Waals surface area contributed by atoms with Gasteiger partial charge in [-0.05, 0) is 31.4 Å². The van der Waals surface area contributed by atoms with Gasteiger partial charge >= 0.3 is 0 Å². The molecule has 0 aliphatic carbocycles. The molecule has 0 amide bonds. The van der Waals surface area contributed by atoms with E-state index in [2.05, 4.69) is 22.5 Å². The summed E-state index contributed by atoms with van der Waals surface area (Å²) in [6.45, 7) is 3.98. The lowest BCUT2D eigenvalue weighted by Gasteiger charge is -2.33. The molecule has 1 aliphatic heterocycles. The second-order valence-corrected chi connectivity index (χ2v) is 6.52. The van der Waals surface area contributed by atoms with E-state index in [1.54, 1.807) is 7.05 Å². The SMILES string of the molecule is CCC(CNC(=NC)NC1CCN(CC(F)F)CC1)Oc1ccccc1. The predicted octanol–water partition coefficient (Wildman–Crippen LogP) is 2.74. The Morgan fingerprint density at radius 1 is 1.27 bits per heavy atom. The van der Waals surface area contributed by atoms with Crippen molar-refractivity contribution < 1.29 is 13.5 Å². The van der Waals surface area contributed by atoms with Gasteiger partial charge in [0.1, 0.15) is 11.9 Å². The third-order valence-corrected chi connectivity index (χ3v) is 4.55. The number of hydrogen-bond donors (Lipinski definition) is 2. The van der Waals surface area contributed by atoms with Crippen LogP contribution in [-0.2, 0) is 0 Å². The molecular weight excluding hydrogens is 338 g/mol. The summed E-state index contributed by atoms with van der Waals surface area (Å²) in [6, 6.07) is 10.0. The van der Waals surface area contributed by atoms with Crippen molar-refractivity contribution in [2.24, 2.45) is 4.99 Å². The first-order chi connectivity index (χ1) is 12.6. The second-order valence-electron chi connectivity index (χ2n) is 6.52. The maximum atomic E-state index is 12.4. The van der Waals surface area contributed by atoms with Crippen molar-refractivity contribution in [2.75, 3.05) is 33.2 Å². The fourth-order valence-corrected chi connectivity index (χ4v) is 3.01. The van der Waals surface area contributed by atoms with Gasteiger partial charge in [-0.2, -0.15) is 0 Å². The summed E-state index contributed by atoms with van der Waals surface area (Å²) in [6.07, 6.45) is 0.342. The Hall–Kier alpha value is -1.89. The van der Waals surface area contributed by atoms with Gasteiger partial charge < -0.3 is 15.4 Å². The minimum absolute atomic E-state index is 0.0452. The van der Waals surface area contributed by atoms with Crippen LogP contribution in [0.25, 0.3) is 0 Å². The third kappa shape index (κ3) is 7.15. The number of hydrogen-bond acceptors (Lipinski definition) is 3. The predicted molar refractivity (Wildman–Crippen MR) is 101 cm³/mol. The van der Waals surface area contributed by atoms with E-state index in [1.807, 2.05) is 35.2 Å². The second kappa shape index (κ2) is 11.0. The normalized spacial score (nSPS) is 18.0. The molecule has 1 aliphatic rings. The number of benzene rings is 1. The van der Waals surface area contributed by atoms with Gasteiger partial charge in [0.15, 0.2) is 5.96 Å². The number of piperidine rings is 1. The summed E-state index contributed by atoms with van der Waals surface area (Å²) in [5, 5.41) is 6.70. The molecule has 1 saturated heterocycles. The van der Waals surface area contributed by atoms with Crippen molar-refractivity contribution in [1.82, 2.24) is 15.5 Å². The third-order valence-electron chi connectivity index (χ3n) is 4.55. The topological polar surface area (TPSA) is 48.9 Å². The average Bonchev–Trinajstić information content (AvgIpc) is 2.65. The maximum Gasteiger partial charge on any atom is 0.251 e. The van der Waals surface area contributed by atoms with Crippen molar-refractivity contribution in [3.63, 3.8) is 0 Å². The van der Waals surface area contributed by atoms with Crippen LogP contribution in [0.2, 0.25) is 0 Å². The van der Waals surface area contributed by atoms with E-state index in [0.717, 1.165) is 31.0 Å². The van der Waals surface area contributed by atoms with Gasteiger partial charge in [0.25, 0.3) is 6.43 Å². The molecule has 2 rings (SSSR count). The summed E-state index contributed by atoms with van der Waals surface area (Å²) in [4.78, 5) is 6.09. The van der Waals surface area contributed by atoms with E-state index >= 15 is 0 Å². The van der Waals surface area contributed by atoms with Gasteiger partial charge in [-0.1, -0.05) is 25.1 Å². The smallest absolute Gasteiger partial charge is 0.251 e. The van der Waals surface area contributed by atoms with Gasteiger partial charge in [-0.3, -0.25) is 9.89 Å². The fraction of sp³-hybridized carbons (Fsp3) is 0.632. The molecule has 1 aromatic rings. The fourth-order valence-electron chi connectivity index (χ4n) is 3.01. The molecule has 1 fully saturated rings. The van der Waals surface area contributed by atoms with Crippen molar-refractivity contribution in [2.45, 2.75) is 44.8 Å². The van der Waals surface area contributed by atoms with E-state index in [4.69, 9.17) is 4.74 Å². The Bertz CT molecular complexity index is 534. The summed E-state index contributed by atoms with van der Waals surface area (Å²) < 4.78 is 30.9. The molecule has 1 unspecified atom stereocenters. The maximum absolute atomic E-state index is 12.4. The molecule has 2 N–H and O–H groups in total. The lowest BCUT2D eigenvalue weighted by molar-refractivity contribution is 0.0744. The number of likely N-dealkylation sites (tertiary alicyclic amines) is 1. The van der Waals surface area contributed by atoms with E-state index in [-0.39, 0.29) is 18.7 Å². The zero-order chi connectivity index (χ0) is 18.8. The van der Waals surface area contributed by atoms with Gasteiger partial charge in [-0.15, -0.1) is 0 Å². The Labute approximate surface area is 154 Å². The average molecular weight is 368 g/mol. The van der Waals surface area contributed by atoms with Crippen molar-refractivity contribution in [1.29, 1.82) is 0 Å². The van der Waals surface area contributed by atoms with Gasteiger partial charge in [0.05, 0.1) is 13.1 Å². The van der Waals surface area contributed by atoms with Crippen molar-refractivity contribution in [3.8, 4) is 5.75 Å². The van der Waals surface area contributed by atoms with E-state index in [9.17, 15) is 8.78 Å². The van der Waals surface area contributed by atoms with E-state index in [0.29, 0.717) is 19.6 Å². The van der Waals surface area contributed by atoms with Crippen LogP contribution < -0.4 is 15.4 Å². The van der Waals surface area contributed by atoms with Crippen LogP contribution in [0.3, 0.4) is 0 Å². The van der Waals surface area contributed by atoms with Crippen LogP contribution in [0.15, 0.2) is 35.3 Å². The number of guanidine groups is 1. The lowest BCUT2D eigenvalue weighted by atomic mass is 10.1. The first-order valence-corrected chi connectivity index (χ1v) is 9.30. The van der Waals surface area contributed by atoms with Crippen LogP contribution >= 0.6 is 0 Å². The van der Waals surface area contributed by atoms with E-state index in [1.165, 1.54) is 0 Å². The van der Waals surface area contributed by atoms with Crippen molar-refractivity contribution in [3.05, 3.63) is 30.3 Å². The van der Waals surface area contributed by atoms with Crippen LogP contribution in [0, 0.1) is 0 Å². The summed E-state index contributed by atoms with van der Waals surface area (Å²) in [5.41, 5.74) is 0. The number of rotatable bonds is 8. The Morgan fingerprint density at radius 3 is 2.54 bits per heavy atom. The number of aliphatic imine (C=N–C) groups is 1. The highest BCUT2D eigenvalue weighted by molar-refractivity contribution is 5.80. The molecule has 26 heavy (non-hydrogen) atoms. The molecule has 0 saturated carbocycles. The molecule has 7 heteroatoms. The number of halogens is 2. The number of para-hydroxylation sites is 1. The van der Waals surface area contributed by atoms with Gasteiger partial charge in [0.2, 0.25) is 0 Å². The zero-order valence-corrected chi connectivity index (χ0v) is 15.6. The number of nitrogens with one attached hydrogen (secondary N) is 2. The summed E-state index contributed by atoms with van der Waals surface area (Å²) >= 11 is 0. The highest BCUT2D eigenvalue weighted by Gasteiger charge is 2.22. The quantitative estimate of drug-likeness (QED) is 0.547. The van der Waals surface area contributed by atoms with Crippen molar-refractivity contribution >= 4 is 5.96 Å². The van der Waals surface area contributed by atoms with Crippen LogP contribution in [-0.4, -0.2) is 62.7 Å². The standard InChI is InChI=1S/C19H30F2N4O/c1-3-16(26-17-7-5-4-6-8-17)13-23-19(22-2)24-15-9-11-25(12-10-15)14-18(20)21/h4-8,15-16,18H,3,9-14H2,1-2H3,(H2,22,23,24). The number of ether oxygens (including phenoxy) is 1. The molecule has 1 aromatic carbocycles. The number of alkyl halides is 2. The number of nitrogens with zero attached hydrogens (tertiary/aromatic N) is 2. The molecule has 0 radical (unpaired) electrons. The minimum Gasteiger partial charge on any atom is -0.489 e. The Balaban J connectivity index is 1.73. The molecule has 0 bridgehead atoms. The largest absolute Gasteiger partial charge is 0.489 e. The van der Waals surface area contributed by atoms with Gasteiger partial charge in [0, 0.05) is 26.2 Å². The van der Waals surface area contributed by atoms with Gasteiger partial charge in [-0.25, -0.2) is 8.78 Å². The molecule has 0 aromatic heterocycles.